The monoisotopic (exact) mass is 560 g/mol. The van der Waals surface area contributed by atoms with Crippen LogP contribution in [0.4, 0.5) is 0 Å². The zero-order valence-corrected chi connectivity index (χ0v) is 21.4. The Morgan fingerprint density at radius 3 is 2.30 bits per heavy atom. The van der Waals surface area contributed by atoms with Crippen LogP contribution in [-0.2, 0) is 30.9 Å². The highest BCUT2D eigenvalue weighted by atomic mass is 127. The highest BCUT2D eigenvalue weighted by Crippen LogP contribution is 2.11. The fraction of sp³-hybridized carbons (Fsp3) is 0.360. The number of nitrogens with zero attached hydrogens (tertiary/aromatic N) is 4. The van der Waals surface area contributed by atoms with Crippen LogP contribution in [0.25, 0.3) is 0 Å². The van der Waals surface area contributed by atoms with E-state index in [2.05, 4.69) is 74.2 Å². The Labute approximate surface area is 213 Å². The van der Waals surface area contributed by atoms with E-state index in [4.69, 9.17) is 4.74 Å². The van der Waals surface area contributed by atoms with Gasteiger partial charge < -0.3 is 15.4 Å². The molecule has 33 heavy (non-hydrogen) atoms. The maximum atomic E-state index is 5.43. The molecule has 0 amide bonds. The molecule has 0 bridgehead atoms. The van der Waals surface area contributed by atoms with Gasteiger partial charge in [0, 0.05) is 52.2 Å². The predicted molar refractivity (Wildman–Crippen MR) is 143 cm³/mol. The molecule has 2 heterocycles. The number of rotatable bonds is 8. The molecule has 1 aromatic heterocycles. The molecule has 0 saturated carbocycles. The van der Waals surface area contributed by atoms with E-state index in [-0.39, 0.29) is 24.0 Å². The van der Waals surface area contributed by atoms with Crippen molar-refractivity contribution in [3.63, 3.8) is 0 Å². The maximum absolute atomic E-state index is 5.43. The van der Waals surface area contributed by atoms with Gasteiger partial charge in [-0.1, -0.05) is 48.5 Å². The average Bonchev–Trinajstić information content (AvgIpc) is 3.35. The van der Waals surface area contributed by atoms with E-state index in [0.29, 0.717) is 6.54 Å². The van der Waals surface area contributed by atoms with Gasteiger partial charge in [-0.05, 0) is 28.3 Å². The molecular formula is C25H33IN6O. The normalized spacial score (nSPS) is 14.5. The lowest BCUT2D eigenvalue weighted by atomic mass is 10.1. The van der Waals surface area contributed by atoms with Gasteiger partial charge in [0.05, 0.1) is 19.8 Å². The minimum Gasteiger partial charge on any atom is -0.379 e. The Hall–Kier alpha value is -2.43. The van der Waals surface area contributed by atoms with Crippen LogP contribution in [0.5, 0.6) is 0 Å². The lowest BCUT2D eigenvalue weighted by molar-refractivity contribution is 0.0342. The topological polar surface area (TPSA) is 66.7 Å². The summed E-state index contributed by atoms with van der Waals surface area (Å²) in [6.45, 7) is 6.87. The lowest BCUT2D eigenvalue weighted by Crippen LogP contribution is -2.36. The summed E-state index contributed by atoms with van der Waals surface area (Å²) in [6.07, 6.45) is 3.79. The van der Waals surface area contributed by atoms with Crippen molar-refractivity contribution in [2.45, 2.75) is 26.2 Å². The van der Waals surface area contributed by atoms with Gasteiger partial charge in [0.15, 0.2) is 5.96 Å². The largest absolute Gasteiger partial charge is 0.379 e. The maximum Gasteiger partial charge on any atom is 0.191 e. The van der Waals surface area contributed by atoms with Crippen molar-refractivity contribution in [2.24, 2.45) is 4.99 Å². The summed E-state index contributed by atoms with van der Waals surface area (Å²) in [5.41, 5.74) is 5.05. The zero-order valence-electron chi connectivity index (χ0n) is 19.1. The van der Waals surface area contributed by atoms with Gasteiger partial charge in [-0.15, -0.1) is 24.0 Å². The number of halogens is 1. The number of hydrogen-bond donors (Lipinski definition) is 2. The first-order chi connectivity index (χ1) is 15.8. The number of nitrogens with one attached hydrogen (secondary N) is 2. The van der Waals surface area contributed by atoms with Crippen LogP contribution < -0.4 is 10.6 Å². The molecule has 0 radical (unpaired) electrons. The second-order valence-electron chi connectivity index (χ2n) is 7.96. The third kappa shape index (κ3) is 7.83. The third-order valence-corrected chi connectivity index (χ3v) is 5.67. The predicted octanol–water partition coefficient (Wildman–Crippen LogP) is 3.25. The molecule has 4 rings (SSSR count). The number of aliphatic imine (C=N–C) groups is 1. The van der Waals surface area contributed by atoms with Gasteiger partial charge in [0.25, 0.3) is 0 Å². The van der Waals surface area contributed by atoms with Crippen LogP contribution >= 0.6 is 24.0 Å². The van der Waals surface area contributed by atoms with Gasteiger partial charge in [-0.2, -0.15) is 5.10 Å². The van der Waals surface area contributed by atoms with Gasteiger partial charge in [-0.3, -0.25) is 14.6 Å². The first kappa shape index (κ1) is 25.2. The van der Waals surface area contributed by atoms with Crippen molar-refractivity contribution in [1.82, 2.24) is 25.3 Å². The van der Waals surface area contributed by atoms with Gasteiger partial charge in [-0.25, -0.2) is 0 Å². The van der Waals surface area contributed by atoms with Crippen LogP contribution in [0.1, 0.15) is 22.3 Å². The molecule has 3 aromatic rings. The van der Waals surface area contributed by atoms with Crippen molar-refractivity contribution in [3.05, 3.63) is 89.2 Å². The Kier molecular flexibility index (Phi) is 10.2. The molecule has 176 valence electrons. The second-order valence-corrected chi connectivity index (χ2v) is 7.96. The molecule has 1 saturated heterocycles. The fourth-order valence-corrected chi connectivity index (χ4v) is 3.82. The highest BCUT2D eigenvalue weighted by Gasteiger charge is 2.10. The van der Waals surface area contributed by atoms with Crippen LogP contribution in [-0.4, -0.2) is 54.0 Å². The summed E-state index contributed by atoms with van der Waals surface area (Å²) in [6, 6.07) is 19.2. The van der Waals surface area contributed by atoms with Crippen molar-refractivity contribution < 1.29 is 4.74 Å². The standard InChI is InChI=1S/C25H32N6O.HI/c1-26-25(28-18-23-5-2-3-6-24(23)20-31-12-4-11-29-31)27-17-21-7-9-22(10-8-21)19-30-13-15-32-16-14-30;/h2-12H,13-20H2,1H3,(H2,26,27,28);1H. The third-order valence-electron chi connectivity index (χ3n) is 5.67. The zero-order chi connectivity index (χ0) is 22.0. The van der Waals surface area contributed by atoms with E-state index in [9.17, 15) is 0 Å². The van der Waals surface area contributed by atoms with Crippen molar-refractivity contribution in [1.29, 1.82) is 0 Å². The van der Waals surface area contributed by atoms with Crippen molar-refractivity contribution >= 4 is 29.9 Å². The Morgan fingerprint density at radius 2 is 1.61 bits per heavy atom. The van der Waals surface area contributed by atoms with Crippen LogP contribution in [0, 0.1) is 0 Å². The van der Waals surface area contributed by atoms with E-state index < -0.39 is 0 Å². The summed E-state index contributed by atoms with van der Waals surface area (Å²) >= 11 is 0. The quantitative estimate of drug-likeness (QED) is 0.252. The number of ether oxygens (including phenoxy) is 1. The van der Waals surface area contributed by atoms with Crippen LogP contribution in [0.15, 0.2) is 72.0 Å². The summed E-state index contributed by atoms with van der Waals surface area (Å²) in [5.74, 6) is 0.788. The fourth-order valence-electron chi connectivity index (χ4n) is 3.82. The number of benzene rings is 2. The summed E-state index contributed by atoms with van der Waals surface area (Å²) in [4.78, 5) is 6.81. The first-order valence-corrected chi connectivity index (χ1v) is 11.2. The number of morpholine rings is 1. The average molecular weight is 560 g/mol. The summed E-state index contributed by atoms with van der Waals surface area (Å²) in [5, 5.41) is 11.2. The number of guanidine groups is 1. The van der Waals surface area contributed by atoms with E-state index >= 15 is 0 Å². The van der Waals surface area contributed by atoms with Crippen molar-refractivity contribution in [3.8, 4) is 0 Å². The molecule has 0 unspecified atom stereocenters. The molecule has 7 nitrogen and oxygen atoms in total. The molecule has 1 aliphatic rings. The SMILES string of the molecule is CN=C(NCc1ccc(CN2CCOCC2)cc1)NCc1ccccc1Cn1cccn1.I. The minimum atomic E-state index is 0. The highest BCUT2D eigenvalue weighted by molar-refractivity contribution is 14.0. The molecule has 8 heteroatoms. The van der Waals surface area contributed by atoms with Crippen LogP contribution in [0.3, 0.4) is 0 Å². The van der Waals surface area contributed by atoms with Gasteiger partial charge >= 0.3 is 0 Å². The van der Waals surface area contributed by atoms with E-state index in [1.54, 1.807) is 7.05 Å². The van der Waals surface area contributed by atoms with Gasteiger partial charge in [0.1, 0.15) is 0 Å². The van der Waals surface area contributed by atoms with E-state index in [1.807, 2.05) is 23.1 Å². The molecular weight excluding hydrogens is 527 g/mol. The number of hydrogen-bond acceptors (Lipinski definition) is 4. The lowest BCUT2D eigenvalue weighted by Gasteiger charge is -2.26. The number of aromatic nitrogens is 2. The summed E-state index contributed by atoms with van der Waals surface area (Å²) < 4.78 is 7.37. The molecule has 1 aliphatic heterocycles. The molecule has 0 atom stereocenters. The van der Waals surface area contributed by atoms with E-state index in [1.165, 1.54) is 22.3 Å². The Morgan fingerprint density at radius 1 is 0.909 bits per heavy atom. The van der Waals surface area contributed by atoms with Crippen molar-refractivity contribution in [2.75, 3.05) is 33.4 Å². The molecule has 2 N–H and O–H groups in total. The van der Waals surface area contributed by atoms with Crippen LogP contribution in [0.2, 0.25) is 0 Å². The molecule has 1 fully saturated rings. The minimum absolute atomic E-state index is 0. The molecule has 0 spiro atoms. The Bertz CT molecular complexity index is 984. The Balaban J connectivity index is 0.00000306. The first-order valence-electron chi connectivity index (χ1n) is 11.2. The van der Waals surface area contributed by atoms with E-state index in [0.717, 1.165) is 51.9 Å². The van der Waals surface area contributed by atoms with Gasteiger partial charge in [0.2, 0.25) is 0 Å². The molecule has 0 aliphatic carbocycles. The summed E-state index contributed by atoms with van der Waals surface area (Å²) in [7, 11) is 1.80. The second kappa shape index (κ2) is 13.3. The molecule has 2 aromatic carbocycles. The smallest absolute Gasteiger partial charge is 0.191 e.